The highest BCUT2D eigenvalue weighted by Crippen LogP contribution is 2.18. The SMILES string of the molecule is Cc1c(C(=O)NCCc2ccc(OCC(=O)O)cc2)cnn1C(C)(C)C. The van der Waals surface area contributed by atoms with Crippen molar-refractivity contribution in [1.29, 1.82) is 0 Å². The lowest BCUT2D eigenvalue weighted by Gasteiger charge is -2.21. The van der Waals surface area contributed by atoms with Crippen LogP contribution in [0.15, 0.2) is 30.5 Å². The molecule has 1 aromatic heterocycles. The molecule has 7 heteroatoms. The largest absolute Gasteiger partial charge is 0.482 e. The maximum absolute atomic E-state index is 12.4. The van der Waals surface area contributed by atoms with Gasteiger partial charge < -0.3 is 15.2 Å². The summed E-state index contributed by atoms with van der Waals surface area (Å²) in [6.07, 6.45) is 2.27. The van der Waals surface area contributed by atoms with Crippen LogP contribution in [0.1, 0.15) is 42.4 Å². The van der Waals surface area contributed by atoms with Gasteiger partial charge in [-0.05, 0) is 51.8 Å². The van der Waals surface area contributed by atoms with Gasteiger partial charge in [-0.1, -0.05) is 12.1 Å². The van der Waals surface area contributed by atoms with E-state index >= 15 is 0 Å². The Morgan fingerprint density at radius 1 is 1.23 bits per heavy atom. The Bertz CT molecular complexity index is 773. The van der Waals surface area contributed by atoms with Gasteiger partial charge in [0.05, 0.1) is 17.3 Å². The van der Waals surface area contributed by atoms with Crippen molar-refractivity contribution in [1.82, 2.24) is 15.1 Å². The predicted molar refractivity (Wildman–Crippen MR) is 97.6 cm³/mol. The summed E-state index contributed by atoms with van der Waals surface area (Å²) in [4.78, 5) is 22.8. The normalized spacial score (nSPS) is 11.2. The van der Waals surface area contributed by atoms with Crippen LogP contribution >= 0.6 is 0 Å². The maximum atomic E-state index is 12.4. The van der Waals surface area contributed by atoms with Gasteiger partial charge in [0, 0.05) is 12.2 Å². The summed E-state index contributed by atoms with van der Waals surface area (Å²) < 4.78 is 6.93. The third-order valence-electron chi connectivity index (χ3n) is 3.87. The Morgan fingerprint density at radius 3 is 2.42 bits per heavy atom. The van der Waals surface area contributed by atoms with Crippen LogP contribution in [0.3, 0.4) is 0 Å². The molecule has 0 bridgehead atoms. The number of carbonyl (C=O) groups is 2. The van der Waals surface area contributed by atoms with E-state index in [0.717, 1.165) is 11.3 Å². The Balaban J connectivity index is 1.87. The molecule has 26 heavy (non-hydrogen) atoms. The van der Waals surface area contributed by atoms with E-state index in [1.165, 1.54) is 0 Å². The molecule has 1 amide bonds. The first-order valence-electron chi connectivity index (χ1n) is 8.45. The van der Waals surface area contributed by atoms with Crippen molar-refractivity contribution in [2.24, 2.45) is 0 Å². The molecule has 2 N–H and O–H groups in total. The second-order valence-electron chi connectivity index (χ2n) is 7.06. The Morgan fingerprint density at radius 2 is 1.88 bits per heavy atom. The number of nitrogens with one attached hydrogen (secondary N) is 1. The Hall–Kier alpha value is -2.83. The molecule has 0 aliphatic rings. The Labute approximate surface area is 153 Å². The molecule has 1 aromatic carbocycles. The zero-order valence-electron chi connectivity index (χ0n) is 15.6. The number of carboxylic acid groups (broad SMARTS) is 1. The fourth-order valence-electron chi connectivity index (χ4n) is 2.62. The third kappa shape index (κ3) is 5.08. The maximum Gasteiger partial charge on any atom is 0.341 e. The summed E-state index contributed by atoms with van der Waals surface area (Å²) >= 11 is 0. The van der Waals surface area contributed by atoms with Gasteiger partial charge in [-0.2, -0.15) is 5.10 Å². The van der Waals surface area contributed by atoms with Gasteiger partial charge in [-0.15, -0.1) is 0 Å². The lowest BCUT2D eigenvalue weighted by molar-refractivity contribution is -0.139. The fraction of sp³-hybridized carbons (Fsp3) is 0.421. The number of aromatic nitrogens is 2. The number of benzene rings is 1. The summed E-state index contributed by atoms with van der Waals surface area (Å²) in [5.74, 6) is -0.647. The van der Waals surface area contributed by atoms with Crippen molar-refractivity contribution in [3.63, 3.8) is 0 Å². The zero-order valence-corrected chi connectivity index (χ0v) is 15.6. The molecule has 0 saturated heterocycles. The average molecular weight is 359 g/mol. The van der Waals surface area contributed by atoms with E-state index in [4.69, 9.17) is 9.84 Å². The highest BCUT2D eigenvalue weighted by atomic mass is 16.5. The summed E-state index contributed by atoms with van der Waals surface area (Å²) in [5, 5.41) is 15.8. The standard InChI is InChI=1S/C19H25N3O4/c1-13-16(11-21-22(13)19(2,3)4)18(25)20-10-9-14-5-7-15(8-6-14)26-12-17(23)24/h5-8,11H,9-10,12H2,1-4H3,(H,20,25)(H,23,24). The molecular weight excluding hydrogens is 334 g/mol. The van der Waals surface area contributed by atoms with Crippen LogP contribution < -0.4 is 10.1 Å². The summed E-state index contributed by atoms with van der Waals surface area (Å²) in [7, 11) is 0. The van der Waals surface area contributed by atoms with E-state index < -0.39 is 5.97 Å². The predicted octanol–water partition coefficient (Wildman–Crippen LogP) is 2.38. The van der Waals surface area contributed by atoms with Gasteiger partial charge >= 0.3 is 5.97 Å². The number of nitrogens with zero attached hydrogens (tertiary/aromatic N) is 2. The van der Waals surface area contributed by atoms with Crippen LogP contribution in [-0.4, -0.2) is 39.9 Å². The van der Waals surface area contributed by atoms with E-state index in [2.05, 4.69) is 10.4 Å². The lowest BCUT2D eigenvalue weighted by Crippen LogP contribution is -2.28. The number of carboxylic acids is 1. The molecule has 0 aliphatic carbocycles. The van der Waals surface area contributed by atoms with Crippen molar-refractivity contribution in [2.75, 3.05) is 13.2 Å². The van der Waals surface area contributed by atoms with E-state index in [0.29, 0.717) is 24.3 Å². The first-order valence-corrected chi connectivity index (χ1v) is 8.45. The van der Waals surface area contributed by atoms with Crippen molar-refractivity contribution < 1.29 is 19.4 Å². The van der Waals surface area contributed by atoms with E-state index in [1.807, 2.05) is 44.5 Å². The highest BCUT2D eigenvalue weighted by molar-refractivity contribution is 5.95. The number of ether oxygens (including phenoxy) is 1. The molecule has 0 spiro atoms. The molecule has 0 saturated carbocycles. The minimum absolute atomic E-state index is 0.139. The molecule has 7 nitrogen and oxygen atoms in total. The van der Waals surface area contributed by atoms with Gasteiger partial charge in [0.15, 0.2) is 6.61 Å². The smallest absolute Gasteiger partial charge is 0.341 e. The monoisotopic (exact) mass is 359 g/mol. The van der Waals surface area contributed by atoms with Crippen LogP contribution in [0.4, 0.5) is 0 Å². The quantitative estimate of drug-likeness (QED) is 0.792. The van der Waals surface area contributed by atoms with Crippen LogP contribution in [0.5, 0.6) is 5.75 Å². The van der Waals surface area contributed by atoms with Crippen LogP contribution in [0, 0.1) is 6.92 Å². The van der Waals surface area contributed by atoms with Crippen molar-refractivity contribution in [3.05, 3.63) is 47.3 Å². The second-order valence-corrected chi connectivity index (χ2v) is 7.06. The number of aliphatic carboxylic acids is 1. The molecule has 0 fully saturated rings. The summed E-state index contributed by atoms with van der Waals surface area (Å²) in [5.41, 5.74) is 2.27. The van der Waals surface area contributed by atoms with Gasteiger partial charge in [-0.25, -0.2) is 4.79 Å². The van der Waals surface area contributed by atoms with Gasteiger partial charge in [0.25, 0.3) is 5.91 Å². The number of carbonyl (C=O) groups excluding carboxylic acids is 1. The molecule has 1 heterocycles. The lowest BCUT2D eigenvalue weighted by atomic mass is 10.1. The molecular formula is C19H25N3O4. The van der Waals surface area contributed by atoms with Crippen LogP contribution in [0.25, 0.3) is 0 Å². The van der Waals surface area contributed by atoms with Crippen molar-refractivity contribution in [3.8, 4) is 5.75 Å². The molecule has 140 valence electrons. The summed E-state index contributed by atoms with van der Waals surface area (Å²) in [6.45, 7) is 8.14. The first-order chi connectivity index (χ1) is 12.2. The number of hydrogen-bond acceptors (Lipinski definition) is 4. The minimum atomic E-state index is -1.01. The van der Waals surface area contributed by atoms with Crippen LogP contribution in [-0.2, 0) is 16.8 Å². The van der Waals surface area contributed by atoms with Gasteiger partial charge in [0.2, 0.25) is 0 Å². The van der Waals surface area contributed by atoms with Gasteiger partial charge in [0.1, 0.15) is 5.75 Å². The van der Waals surface area contributed by atoms with Gasteiger partial charge in [-0.3, -0.25) is 9.48 Å². The first kappa shape index (κ1) is 19.5. The molecule has 0 aliphatic heterocycles. The van der Waals surface area contributed by atoms with Crippen molar-refractivity contribution in [2.45, 2.75) is 39.7 Å². The topological polar surface area (TPSA) is 93.4 Å². The third-order valence-corrected chi connectivity index (χ3v) is 3.87. The van der Waals surface area contributed by atoms with E-state index in [-0.39, 0.29) is 18.1 Å². The minimum Gasteiger partial charge on any atom is -0.482 e. The highest BCUT2D eigenvalue weighted by Gasteiger charge is 2.21. The molecule has 0 radical (unpaired) electrons. The number of amides is 1. The van der Waals surface area contributed by atoms with E-state index in [1.54, 1.807) is 18.3 Å². The summed E-state index contributed by atoms with van der Waals surface area (Å²) in [6, 6.07) is 7.15. The molecule has 0 unspecified atom stereocenters. The fourth-order valence-corrected chi connectivity index (χ4v) is 2.62. The molecule has 0 atom stereocenters. The molecule has 2 rings (SSSR count). The van der Waals surface area contributed by atoms with Crippen molar-refractivity contribution >= 4 is 11.9 Å². The average Bonchev–Trinajstić information content (AvgIpc) is 2.96. The number of rotatable bonds is 7. The van der Waals surface area contributed by atoms with Crippen LogP contribution in [0.2, 0.25) is 0 Å². The zero-order chi connectivity index (χ0) is 19.3. The molecule has 2 aromatic rings. The second kappa shape index (κ2) is 8.03. The Kier molecular flexibility index (Phi) is 6.02. The van der Waals surface area contributed by atoms with E-state index in [9.17, 15) is 9.59 Å². The number of hydrogen-bond donors (Lipinski definition) is 2.